The molecule has 4 N–H and O–H groups in total. The Morgan fingerprint density at radius 1 is 1.14 bits per heavy atom. The van der Waals surface area contributed by atoms with Crippen molar-refractivity contribution in [2.24, 2.45) is 0 Å². The molecule has 0 fully saturated rings. The first-order valence-electron chi connectivity index (χ1n) is 0.651. The third-order valence-electron chi connectivity index (χ3n) is 0. The van der Waals surface area contributed by atoms with Gasteiger partial charge in [0, 0.05) is 0 Å². The van der Waals surface area contributed by atoms with Crippen molar-refractivity contribution >= 4 is 31.0 Å². The summed E-state index contributed by atoms with van der Waals surface area (Å²) in [6.45, 7) is 0. The lowest BCUT2D eigenvalue weighted by Gasteiger charge is -1.60. The second-order valence-corrected chi connectivity index (χ2v) is 0.283. The van der Waals surface area contributed by atoms with E-state index in [2.05, 4.69) is 0 Å². The van der Waals surface area contributed by atoms with Crippen LogP contribution in [0.2, 0.25) is 0 Å². The molecule has 48 valence electrons. The van der Waals surface area contributed by atoms with Gasteiger partial charge >= 0.3 is 6.16 Å². The summed E-state index contributed by atoms with van der Waals surface area (Å²) in [5.74, 6) is 0. The zero-order chi connectivity index (χ0) is 3.58. The van der Waals surface area contributed by atoms with E-state index in [4.69, 9.17) is 15.0 Å². The molecule has 0 aliphatic rings. The van der Waals surface area contributed by atoms with Crippen molar-refractivity contribution < 1.29 is 20.5 Å². The number of hydrogen-bond acceptors (Lipinski definition) is 1. The highest BCUT2D eigenvalue weighted by Crippen LogP contribution is 1.42. The fraction of sp³-hybridized carbons (Fsp3) is 0. The molecule has 0 atom stereocenters. The summed E-state index contributed by atoms with van der Waals surface area (Å²) in [5, 5.41) is 13.9. The zero-order valence-corrected chi connectivity index (χ0v) is 4.75. The van der Waals surface area contributed by atoms with Gasteiger partial charge < -0.3 is 15.7 Å². The molecule has 0 aromatic carbocycles. The maximum atomic E-state index is 8.56. The molecule has 4 nitrogen and oxygen atoms in total. The van der Waals surface area contributed by atoms with Gasteiger partial charge in [0.25, 0.3) is 0 Å². The fourth-order valence-electron chi connectivity index (χ4n) is 0. The van der Waals surface area contributed by atoms with Crippen molar-refractivity contribution in [1.29, 1.82) is 0 Å². The first-order valence-corrected chi connectivity index (χ1v) is 0.651. The van der Waals surface area contributed by atoms with Crippen LogP contribution in [0.5, 0.6) is 0 Å². The van der Waals surface area contributed by atoms with E-state index in [9.17, 15) is 0 Å². The van der Waals surface area contributed by atoms with E-state index in [0.717, 1.165) is 0 Å². The van der Waals surface area contributed by atoms with Crippen LogP contribution in [0.15, 0.2) is 0 Å². The van der Waals surface area contributed by atoms with Gasteiger partial charge in [-0.25, -0.2) is 4.79 Å². The van der Waals surface area contributed by atoms with Gasteiger partial charge in [-0.2, -0.15) is 0 Å². The van der Waals surface area contributed by atoms with Crippen molar-refractivity contribution in [3.05, 3.63) is 0 Å². The smallest absolute Gasteiger partial charge is 0.450 e. The average molecular weight is 153 g/mol. The molecule has 0 aromatic rings. The number of hydrogen-bond donors (Lipinski definition) is 2. The van der Waals surface area contributed by atoms with E-state index < -0.39 is 6.16 Å². The van der Waals surface area contributed by atoms with Gasteiger partial charge in [-0.05, 0) is 0 Å². The number of carboxylic acid groups (broad SMARTS) is 2. The van der Waals surface area contributed by atoms with Crippen LogP contribution < -0.4 is 0 Å². The van der Waals surface area contributed by atoms with Gasteiger partial charge in [0.05, 0.1) is 0 Å². The van der Waals surface area contributed by atoms with E-state index in [1.807, 2.05) is 0 Å². The normalized spacial score (nSPS) is 3.43. The minimum atomic E-state index is -1.83. The predicted molar refractivity (Wildman–Crippen MR) is 28.8 cm³/mol. The molecule has 0 amide bonds. The van der Waals surface area contributed by atoms with Gasteiger partial charge in [0.1, 0.15) is 0 Å². The number of carbonyl (C=O) groups is 1. The monoisotopic (exact) mass is 152 g/mol. The quantitative estimate of drug-likeness (QED) is 0.522. The SMILES string of the molecule is Cl.Cl.O.O=C(O)O. The van der Waals surface area contributed by atoms with E-state index in [-0.39, 0.29) is 30.3 Å². The van der Waals surface area contributed by atoms with Crippen LogP contribution in [0.25, 0.3) is 0 Å². The Morgan fingerprint density at radius 3 is 1.14 bits per heavy atom. The van der Waals surface area contributed by atoms with Crippen LogP contribution >= 0.6 is 24.8 Å². The molecule has 0 rings (SSSR count). The molecular formula is CH6Cl2O4. The summed E-state index contributed by atoms with van der Waals surface area (Å²) in [7, 11) is 0. The lowest BCUT2D eigenvalue weighted by Crippen LogP contribution is -1.81. The first-order chi connectivity index (χ1) is 1.73. The molecule has 0 aromatic heterocycles. The van der Waals surface area contributed by atoms with E-state index in [1.54, 1.807) is 0 Å². The summed E-state index contributed by atoms with van der Waals surface area (Å²) in [6.07, 6.45) is -1.83. The van der Waals surface area contributed by atoms with Gasteiger partial charge in [0.2, 0.25) is 0 Å². The van der Waals surface area contributed by atoms with Crippen molar-refractivity contribution in [3.8, 4) is 0 Å². The Morgan fingerprint density at radius 2 is 1.14 bits per heavy atom. The van der Waals surface area contributed by atoms with Gasteiger partial charge in [-0.1, -0.05) is 0 Å². The minimum Gasteiger partial charge on any atom is -0.450 e. The van der Waals surface area contributed by atoms with Crippen molar-refractivity contribution in [1.82, 2.24) is 0 Å². The minimum absolute atomic E-state index is 0. The molecule has 6 heteroatoms. The molecule has 7 heavy (non-hydrogen) atoms. The second-order valence-electron chi connectivity index (χ2n) is 0.283. The van der Waals surface area contributed by atoms with E-state index >= 15 is 0 Å². The van der Waals surface area contributed by atoms with Gasteiger partial charge in [-0.3, -0.25) is 0 Å². The Balaban J connectivity index is -0.0000000150. The zero-order valence-electron chi connectivity index (χ0n) is 3.12. The largest absolute Gasteiger partial charge is 0.503 e. The number of halogens is 2. The predicted octanol–water partition coefficient (Wildman–Crippen LogP) is 0.241. The van der Waals surface area contributed by atoms with Crippen molar-refractivity contribution in [2.75, 3.05) is 0 Å². The Kier molecular flexibility index (Phi) is 70.8. The van der Waals surface area contributed by atoms with Crippen LogP contribution in [0.4, 0.5) is 4.79 Å². The topological polar surface area (TPSA) is 89.0 Å². The Bertz CT molecular complexity index is 32.7. The highest BCUT2D eigenvalue weighted by Gasteiger charge is 1.70. The van der Waals surface area contributed by atoms with Crippen LogP contribution in [0, 0.1) is 0 Å². The summed E-state index contributed by atoms with van der Waals surface area (Å²) < 4.78 is 0. The Hall–Kier alpha value is -0.190. The van der Waals surface area contributed by atoms with E-state index in [1.165, 1.54) is 0 Å². The van der Waals surface area contributed by atoms with Crippen LogP contribution in [-0.4, -0.2) is 21.8 Å². The lowest BCUT2D eigenvalue weighted by atomic mass is 11.5. The molecule has 0 saturated carbocycles. The van der Waals surface area contributed by atoms with Crippen LogP contribution in [-0.2, 0) is 0 Å². The maximum Gasteiger partial charge on any atom is 0.503 e. The third-order valence-corrected chi connectivity index (χ3v) is 0. The standard InChI is InChI=1S/CH2O3.2ClH.H2O/c2-1(3)4;;;/h(H2,2,3,4);2*1H;1H2. The molecule has 0 spiro atoms. The fourth-order valence-corrected chi connectivity index (χ4v) is 0. The summed E-state index contributed by atoms with van der Waals surface area (Å²) in [5.41, 5.74) is 0. The summed E-state index contributed by atoms with van der Waals surface area (Å²) in [4.78, 5) is 8.56. The molecule has 0 heterocycles. The summed E-state index contributed by atoms with van der Waals surface area (Å²) in [6, 6.07) is 0. The molecule has 0 aliphatic carbocycles. The molecule has 0 saturated heterocycles. The van der Waals surface area contributed by atoms with Crippen LogP contribution in [0.3, 0.4) is 0 Å². The maximum absolute atomic E-state index is 8.56. The molecule has 0 aliphatic heterocycles. The average Bonchev–Trinajstić information content (AvgIpc) is 0.811. The molecule has 0 unspecified atom stereocenters. The second kappa shape index (κ2) is 17.0. The van der Waals surface area contributed by atoms with Gasteiger partial charge in [0.15, 0.2) is 0 Å². The highest BCUT2D eigenvalue weighted by molar-refractivity contribution is 5.85. The van der Waals surface area contributed by atoms with Gasteiger partial charge in [-0.15, -0.1) is 24.8 Å². The van der Waals surface area contributed by atoms with Crippen molar-refractivity contribution in [2.45, 2.75) is 0 Å². The van der Waals surface area contributed by atoms with Crippen LogP contribution in [0.1, 0.15) is 0 Å². The lowest BCUT2D eigenvalue weighted by molar-refractivity contribution is 0.137. The first kappa shape index (κ1) is 29.1. The molecular weight excluding hydrogens is 147 g/mol. The number of rotatable bonds is 0. The highest BCUT2D eigenvalue weighted by atomic mass is 35.5. The molecule has 0 bridgehead atoms. The molecule has 0 radical (unpaired) electrons. The van der Waals surface area contributed by atoms with Crippen molar-refractivity contribution in [3.63, 3.8) is 0 Å². The summed E-state index contributed by atoms with van der Waals surface area (Å²) >= 11 is 0. The van der Waals surface area contributed by atoms with E-state index in [0.29, 0.717) is 0 Å². The Labute approximate surface area is 52.3 Å². The third kappa shape index (κ3) is 2340.